The van der Waals surface area contributed by atoms with Gasteiger partial charge in [0.2, 0.25) is 5.76 Å². The predicted molar refractivity (Wildman–Crippen MR) is 116 cm³/mol. The zero-order chi connectivity index (χ0) is 22.1. The van der Waals surface area contributed by atoms with E-state index in [4.69, 9.17) is 9.15 Å². The zero-order valence-corrected chi connectivity index (χ0v) is 17.9. The van der Waals surface area contributed by atoms with Crippen molar-refractivity contribution >= 4 is 16.9 Å². The van der Waals surface area contributed by atoms with Crippen molar-refractivity contribution in [2.75, 3.05) is 33.3 Å². The van der Waals surface area contributed by atoms with E-state index in [2.05, 4.69) is 4.90 Å². The van der Waals surface area contributed by atoms with Crippen LogP contribution in [0, 0.1) is 5.82 Å². The van der Waals surface area contributed by atoms with Gasteiger partial charge in [0.15, 0.2) is 5.43 Å². The van der Waals surface area contributed by atoms with Crippen LogP contribution in [-0.4, -0.2) is 49.0 Å². The lowest BCUT2D eigenvalue weighted by molar-refractivity contribution is 0.0706. The average molecular weight is 424 g/mol. The van der Waals surface area contributed by atoms with Gasteiger partial charge < -0.3 is 19.0 Å². The molecule has 0 saturated heterocycles. The molecule has 1 aromatic heterocycles. The maximum atomic E-state index is 14.8. The van der Waals surface area contributed by atoms with E-state index in [-0.39, 0.29) is 27.9 Å². The zero-order valence-electron chi connectivity index (χ0n) is 17.9. The van der Waals surface area contributed by atoms with Gasteiger partial charge in [-0.25, -0.2) is 4.39 Å². The summed E-state index contributed by atoms with van der Waals surface area (Å²) in [6, 6.07) is 10.3. The lowest BCUT2D eigenvalue weighted by atomic mass is 9.98. The Morgan fingerprint density at radius 3 is 2.55 bits per heavy atom. The van der Waals surface area contributed by atoms with Crippen LogP contribution in [0.3, 0.4) is 0 Å². The molecule has 1 atom stereocenters. The molecule has 2 aromatic carbocycles. The Hall–Kier alpha value is -3.19. The number of rotatable bonds is 7. The lowest BCUT2D eigenvalue weighted by Crippen LogP contribution is -2.38. The van der Waals surface area contributed by atoms with Crippen LogP contribution < -0.4 is 10.2 Å². The standard InChI is InChI=1S/C24H25FN2O4/c1-4-26(5-2)12-13-27-21(16-8-6-7-9-18(16)25)20-22(28)17-11-10-15(30-3)14-19(17)31-23(20)24(27)29/h6-11,14,21H,4-5,12-13H2,1-3H3/t21-/m0/s1. The molecule has 0 bridgehead atoms. The highest BCUT2D eigenvalue weighted by Crippen LogP contribution is 2.39. The first kappa shape index (κ1) is 21.1. The molecule has 4 rings (SSSR count). The number of fused-ring (bicyclic) bond motifs is 2. The third kappa shape index (κ3) is 3.59. The van der Waals surface area contributed by atoms with Crippen LogP contribution in [0.1, 0.15) is 41.6 Å². The van der Waals surface area contributed by atoms with Gasteiger partial charge in [0.1, 0.15) is 17.1 Å². The Labute approximate surface area is 179 Å². The molecule has 3 aromatic rings. The summed E-state index contributed by atoms with van der Waals surface area (Å²) in [7, 11) is 1.51. The van der Waals surface area contributed by atoms with Crippen LogP contribution in [0.25, 0.3) is 11.0 Å². The first-order valence-corrected chi connectivity index (χ1v) is 10.4. The van der Waals surface area contributed by atoms with Gasteiger partial charge in [0.05, 0.1) is 24.1 Å². The van der Waals surface area contributed by atoms with Crippen LogP contribution in [0.2, 0.25) is 0 Å². The van der Waals surface area contributed by atoms with E-state index < -0.39 is 17.8 Å². The predicted octanol–water partition coefficient (Wildman–Crippen LogP) is 3.83. The topological polar surface area (TPSA) is 63.0 Å². The molecule has 0 fully saturated rings. The highest BCUT2D eigenvalue weighted by molar-refractivity contribution is 5.99. The van der Waals surface area contributed by atoms with Gasteiger partial charge in [-0.05, 0) is 31.3 Å². The molecular weight excluding hydrogens is 399 g/mol. The number of benzene rings is 2. The molecule has 1 aliphatic heterocycles. The van der Waals surface area contributed by atoms with Crippen LogP contribution in [-0.2, 0) is 0 Å². The number of halogens is 1. The molecule has 162 valence electrons. The van der Waals surface area contributed by atoms with Crippen molar-refractivity contribution in [1.82, 2.24) is 9.80 Å². The maximum absolute atomic E-state index is 14.8. The summed E-state index contributed by atoms with van der Waals surface area (Å²) in [6.07, 6.45) is 0. The van der Waals surface area contributed by atoms with Crippen LogP contribution in [0.5, 0.6) is 5.75 Å². The van der Waals surface area contributed by atoms with Crippen LogP contribution in [0.4, 0.5) is 4.39 Å². The number of amides is 1. The van der Waals surface area contributed by atoms with Crippen molar-refractivity contribution < 1.29 is 18.3 Å². The number of methoxy groups -OCH3 is 1. The Morgan fingerprint density at radius 2 is 1.87 bits per heavy atom. The normalized spacial score (nSPS) is 15.7. The van der Waals surface area contributed by atoms with E-state index in [0.717, 1.165) is 13.1 Å². The summed E-state index contributed by atoms with van der Waals surface area (Å²) in [5, 5.41) is 0.333. The van der Waals surface area contributed by atoms with E-state index in [0.29, 0.717) is 24.2 Å². The smallest absolute Gasteiger partial charge is 0.290 e. The van der Waals surface area contributed by atoms with Gasteiger partial charge in [-0.1, -0.05) is 32.0 Å². The Bertz CT molecular complexity index is 1190. The minimum Gasteiger partial charge on any atom is -0.497 e. The number of carbonyl (C=O) groups excluding carboxylic acids is 1. The van der Waals surface area contributed by atoms with E-state index in [9.17, 15) is 14.0 Å². The number of carbonyl (C=O) groups is 1. The van der Waals surface area contributed by atoms with Crippen molar-refractivity contribution in [3.63, 3.8) is 0 Å². The minimum absolute atomic E-state index is 0.0291. The second kappa shape index (κ2) is 8.51. The average Bonchev–Trinajstić information content (AvgIpc) is 3.06. The van der Waals surface area contributed by atoms with Gasteiger partial charge in [-0.3, -0.25) is 9.59 Å². The van der Waals surface area contributed by atoms with Crippen LogP contribution >= 0.6 is 0 Å². The summed E-state index contributed by atoms with van der Waals surface area (Å²) >= 11 is 0. The van der Waals surface area contributed by atoms with E-state index in [1.54, 1.807) is 41.3 Å². The van der Waals surface area contributed by atoms with Gasteiger partial charge in [-0.2, -0.15) is 0 Å². The third-order valence-electron chi connectivity index (χ3n) is 5.93. The lowest BCUT2D eigenvalue weighted by Gasteiger charge is -2.28. The first-order valence-electron chi connectivity index (χ1n) is 10.4. The van der Waals surface area contributed by atoms with Gasteiger partial charge in [0, 0.05) is 24.7 Å². The van der Waals surface area contributed by atoms with Crippen molar-refractivity contribution in [3.8, 4) is 5.75 Å². The Kier molecular flexibility index (Phi) is 5.78. The summed E-state index contributed by atoms with van der Waals surface area (Å²) < 4.78 is 25.9. The van der Waals surface area contributed by atoms with E-state index >= 15 is 0 Å². The van der Waals surface area contributed by atoms with Gasteiger partial charge in [-0.15, -0.1) is 0 Å². The van der Waals surface area contributed by atoms with Crippen molar-refractivity contribution in [2.45, 2.75) is 19.9 Å². The molecule has 1 amide bonds. The van der Waals surface area contributed by atoms with E-state index in [1.807, 2.05) is 13.8 Å². The number of likely N-dealkylation sites (N-methyl/N-ethyl adjacent to an activating group) is 1. The fourth-order valence-electron chi connectivity index (χ4n) is 4.17. The molecule has 0 aliphatic carbocycles. The second-order valence-electron chi connectivity index (χ2n) is 7.49. The molecule has 0 unspecified atom stereocenters. The summed E-state index contributed by atoms with van der Waals surface area (Å²) in [5.74, 6) is -0.379. The highest BCUT2D eigenvalue weighted by atomic mass is 19.1. The van der Waals surface area contributed by atoms with Gasteiger partial charge >= 0.3 is 0 Å². The Morgan fingerprint density at radius 1 is 1.13 bits per heavy atom. The van der Waals surface area contributed by atoms with E-state index in [1.165, 1.54) is 13.2 Å². The second-order valence-corrected chi connectivity index (χ2v) is 7.49. The summed E-state index contributed by atoms with van der Waals surface area (Å²) in [5.41, 5.74) is 0.418. The van der Waals surface area contributed by atoms with Crippen LogP contribution in [0.15, 0.2) is 51.7 Å². The SMILES string of the molecule is CCN(CC)CCN1C(=O)c2oc3cc(OC)ccc3c(=O)c2[C@@H]1c1ccccc1F. The molecule has 0 saturated carbocycles. The molecular formula is C24H25FN2O4. The number of hydrogen-bond acceptors (Lipinski definition) is 5. The molecule has 1 aliphatic rings. The van der Waals surface area contributed by atoms with Crippen molar-refractivity contribution in [1.29, 1.82) is 0 Å². The first-order chi connectivity index (χ1) is 15.0. The number of hydrogen-bond donors (Lipinski definition) is 0. The molecule has 0 spiro atoms. The molecule has 31 heavy (non-hydrogen) atoms. The number of ether oxygens (including phenoxy) is 1. The largest absolute Gasteiger partial charge is 0.497 e. The molecule has 6 nitrogen and oxygen atoms in total. The van der Waals surface area contributed by atoms with Crippen molar-refractivity contribution in [3.05, 3.63) is 75.4 Å². The summed E-state index contributed by atoms with van der Waals surface area (Å²) in [6.45, 7) is 6.71. The quantitative estimate of drug-likeness (QED) is 0.577. The molecule has 0 radical (unpaired) electrons. The maximum Gasteiger partial charge on any atom is 0.290 e. The highest BCUT2D eigenvalue weighted by Gasteiger charge is 2.43. The van der Waals surface area contributed by atoms with Crippen molar-refractivity contribution in [2.24, 2.45) is 0 Å². The summed E-state index contributed by atoms with van der Waals surface area (Å²) in [4.78, 5) is 30.5. The fourth-order valence-corrected chi connectivity index (χ4v) is 4.17. The fraction of sp³-hybridized carbons (Fsp3) is 0.333. The molecule has 7 heteroatoms. The Balaban J connectivity index is 1.89. The minimum atomic E-state index is -0.831. The number of nitrogens with zero attached hydrogens (tertiary/aromatic N) is 2. The monoisotopic (exact) mass is 424 g/mol. The van der Waals surface area contributed by atoms with Gasteiger partial charge in [0.25, 0.3) is 5.91 Å². The third-order valence-corrected chi connectivity index (χ3v) is 5.93. The molecule has 0 N–H and O–H groups in total. The molecule has 2 heterocycles.